The molecule has 8 nitrogen and oxygen atoms in total. The summed E-state index contributed by atoms with van der Waals surface area (Å²) in [7, 11) is 1.50. The Hall–Kier alpha value is -4.36. The molecule has 0 bridgehead atoms. The van der Waals surface area contributed by atoms with Gasteiger partial charge < -0.3 is 25.3 Å². The van der Waals surface area contributed by atoms with Crippen LogP contribution in [0.1, 0.15) is 28.0 Å². The molecule has 1 atom stereocenters. The molecule has 4 heterocycles. The van der Waals surface area contributed by atoms with Crippen LogP contribution in [-0.2, 0) is 11.2 Å². The first-order valence-corrected chi connectivity index (χ1v) is 12.5. The van der Waals surface area contributed by atoms with E-state index in [9.17, 15) is 18.4 Å². The standard InChI is InChI=1S/C28H24ClF2N5O3/c1-3-22(37)36-15-28(30,31)13-17(36)8-7-16-14-32-11-9-18(16)24-25(23-20(34-24)10-12-33-27(23)38)35-21-6-4-5-19(29)26(21)39-2/h3-6,9,11,14,17,34-35H,1,10,12-13,15H2,2H3,(H,33,38)/t17-/m1/s1. The average molecular weight is 552 g/mol. The van der Waals surface area contributed by atoms with Crippen LogP contribution in [0.2, 0.25) is 5.02 Å². The molecule has 0 spiro atoms. The smallest absolute Gasteiger partial charge is 0.268 e. The van der Waals surface area contributed by atoms with Crippen molar-refractivity contribution in [2.75, 3.05) is 25.5 Å². The minimum Gasteiger partial charge on any atom is -0.493 e. The Morgan fingerprint density at radius 1 is 1.38 bits per heavy atom. The number of H-pyrrole nitrogens is 1. The van der Waals surface area contributed by atoms with Crippen molar-refractivity contribution in [3.8, 4) is 28.8 Å². The summed E-state index contributed by atoms with van der Waals surface area (Å²) in [6.45, 7) is 3.16. The molecule has 0 unspecified atom stereocenters. The van der Waals surface area contributed by atoms with Gasteiger partial charge in [-0.1, -0.05) is 36.1 Å². The van der Waals surface area contributed by atoms with Gasteiger partial charge in [0.05, 0.1) is 52.9 Å². The van der Waals surface area contributed by atoms with Crippen molar-refractivity contribution >= 4 is 34.8 Å². The molecule has 39 heavy (non-hydrogen) atoms. The largest absolute Gasteiger partial charge is 0.493 e. The van der Waals surface area contributed by atoms with Gasteiger partial charge >= 0.3 is 0 Å². The quantitative estimate of drug-likeness (QED) is 0.319. The van der Waals surface area contributed by atoms with Gasteiger partial charge in [0, 0.05) is 43.0 Å². The molecule has 2 aliphatic rings. The molecule has 0 radical (unpaired) electrons. The van der Waals surface area contributed by atoms with E-state index in [1.54, 1.807) is 30.5 Å². The molecular weight excluding hydrogens is 528 g/mol. The predicted octanol–water partition coefficient (Wildman–Crippen LogP) is 4.54. The summed E-state index contributed by atoms with van der Waals surface area (Å²) >= 11 is 6.33. The number of aromatic nitrogens is 2. The number of ether oxygens (including phenoxy) is 1. The molecule has 3 aromatic rings. The summed E-state index contributed by atoms with van der Waals surface area (Å²) < 4.78 is 33.8. The van der Waals surface area contributed by atoms with Crippen LogP contribution in [0, 0.1) is 11.8 Å². The highest BCUT2D eigenvalue weighted by atomic mass is 35.5. The number of carbonyl (C=O) groups excluding carboxylic acids is 2. The predicted molar refractivity (Wildman–Crippen MR) is 143 cm³/mol. The number of aromatic amines is 1. The number of methoxy groups -OCH3 is 1. The summed E-state index contributed by atoms with van der Waals surface area (Å²) in [4.78, 5) is 33.7. The Balaban J connectivity index is 1.61. The normalized spacial score (nSPS) is 17.5. The van der Waals surface area contributed by atoms with Crippen LogP contribution in [-0.4, -0.2) is 58.8 Å². The van der Waals surface area contributed by atoms with E-state index in [1.807, 2.05) is 0 Å². The van der Waals surface area contributed by atoms with Crippen LogP contribution in [0.15, 0.2) is 49.3 Å². The minimum atomic E-state index is -3.05. The van der Waals surface area contributed by atoms with Gasteiger partial charge in [-0.2, -0.15) is 0 Å². The number of likely N-dealkylation sites (tertiary alicyclic amines) is 1. The zero-order valence-electron chi connectivity index (χ0n) is 20.9. The molecule has 0 aliphatic carbocycles. The van der Waals surface area contributed by atoms with Crippen LogP contribution < -0.4 is 15.4 Å². The monoisotopic (exact) mass is 551 g/mol. The Kier molecular flexibility index (Phi) is 7.02. The van der Waals surface area contributed by atoms with Crippen LogP contribution in [0.3, 0.4) is 0 Å². The van der Waals surface area contributed by atoms with E-state index in [2.05, 4.69) is 39.0 Å². The number of benzene rings is 1. The Morgan fingerprint density at radius 2 is 2.21 bits per heavy atom. The molecule has 200 valence electrons. The van der Waals surface area contributed by atoms with Crippen molar-refractivity contribution in [2.24, 2.45) is 0 Å². The number of hydrogen-bond acceptors (Lipinski definition) is 5. The molecule has 1 saturated heterocycles. The molecule has 5 rings (SSSR count). The molecule has 2 aliphatic heterocycles. The van der Waals surface area contributed by atoms with E-state index in [1.165, 1.54) is 13.3 Å². The summed E-state index contributed by atoms with van der Waals surface area (Å²) in [5, 5.41) is 6.55. The third kappa shape index (κ3) is 5.05. The molecule has 11 heteroatoms. The lowest BCUT2D eigenvalue weighted by molar-refractivity contribution is -0.127. The fraction of sp³-hybridized carbons (Fsp3) is 0.250. The average Bonchev–Trinajstić information content (AvgIpc) is 3.44. The minimum absolute atomic E-state index is 0.254. The van der Waals surface area contributed by atoms with Gasteiger partial charge in [0.15, 0.2) is 5.75 Å². The van der Waals surface area contributed by atoms with Crippen LogP contribution >= 0.6 is 11.6 Å². The summed E-state index contributed by atoms with van der Waals surface area (Å²) in [6, 6.07) is 5.94. The van der Waals surface area contributed by atoms with Crippen molar-refractivity contribution in [3.05, 3.63) is 71.2 Å². The number of alkyl halides is 2. The lowest BCUT2D eigenvalue weighted by atomic mass is 10.0. The highest BCUT2D eigenvalue weighted by Gasteiger charge is 2.45. The van der Waals surface area contributed by atoms with Crippen molar-refractivity contribution in [3.63, 3.8) is 0 Å². The van der Waals surface area contributed by atoms with Gasteiger partial charge in [-0.05, 0) is 24.3 Å². The number of pyridine rings is 1. The number of nitrogens with zero attached hydrogens (tertiary/aromatic N) is 2. The van der Waals surface area contributed by atoms with E-state index in [4.69, 9.17) is 16.3 Å². The van der Waals surface area contributed by atoms with E-state index < -0.39 is 30.8 Å². The van der Waals surface area contributed by atoms with Crippen LogP contribution in [0.4, 0.5) is 20.2 Å². The number of fused-ring (bicyclic) bond motifs is 1. The third-order valence-corrected chi connectivity index (χ3v) is 6.89. The molecule has 3 N–H and O–H groups in total. The van der Waals surface area contributed by atoms with E-state index in [0.29, 0.717) is 57.5 Å². The number of nitrogens with one attached hydrogen (secondary N) is 3. The number of amides is 2. The number of hydrogen-bond donors (Lipinski definition) is 3. The fourth-order valence-corrected chi connectivity index (χ4v) is 5.08. The summed E-state index contributed by atoms with van der Waals surface area (Å²) in [5.41, 5.74) is 3.76. The van der Waals surface area contributed by atoms with Gasteiger partial charge in [-0.15, -0.1) is 0 Å². The maximum Gasteiger partial charge on any atom is 0.268 e. The lowest BCUT2D eigenvalue weighted by Crippen LogP contribution is -2.34. The number of rotatable bonds is 5. The van der Waals surface area contributed by atoms with Crippen molar-refractivity contribution in [1.82, 2.24) is 20.2 Å². The van der Waals surface area contributed by atoms with E-state index >= 15 is 0 Å². The van der Waals surface area contributed by atoms with Gasteiger partial charge in [0.25, 0.3) is 11.8 Å². The number of anilines is 2. The van der Waals surface area contributed by atoms with E-state index in [0.717, 1.165) is 16.7 Å². The molecule has 2 aromatic heterocycles. The highest BCUT2D eigenvalue weighted by molar-refractivity contribution is 6.32. The number of carbonyl (C=O) groups is 2. The van der Waals surface area contributed by atoms with Crippen molar-refractivity contribution in [2.45, 2.75) is 24.8 Å². The zero-order valence-corrected chi connectivity index (χ0v) is 21.7. The van der Waals surface area contributed by atoms with Gasteiger partial charge in [-0.25, -0.2) is 8.78 Å². The molecule has 1 aromatic carbocycles. The van der Waals surface area contributed by atoms with Crippen molar-refractivity contribution < 1.29 is 23.1 Å². The maximum atomic E-state index is 14.2. The van der Waals surface area contributed by atoms with Crippen LogP contribution in [0.25, 0.3) is 11.3 Å². The van der Waals surface area contributed by atoms with E-state index in [-0.39, 0.29) is 5.91 Å². The summed E-state index contributed by atoms with van der Waals surface area (Å²) in [5.74, 6) is 2.27. The lowest BCUT2D eigenvalue weighted by Gasteiger charge is -2.18. The highest BCUT2D eigenvalue weighted by Crippen LogP contribution is 2.41. The number of halogens is 3. The fourth-order valence-electron chi connectivity index (χ4n) is 4.82. The first-order chi connectivity index (χ1) is 18.7. The Morgan fingerprint density at radius 3 is 2.97 bits per heavy atom. The topological polar surface area (TPSA) is 99.3 Å². The maximum absolute atomic E-state index is 14.2. The zero-order chi connectivity index (χ0) is 27.7. The Labute approximate surface area is 228 Å². The molecule has 0 saturated carbocycles. The summed E-state index contributed by atoms with van der Waals surface area (Å²) in [6.07, 6.45) is 4.08. The molecular formula is C28H24ClF2N5O3. The van der Waals surface area contributed by atoms with Crippen molar-refractivity contribution in [1.29, 1.82) is 0 Å². The first kappa shape index (κ1) is 26.3. The first-order valence-electron chi connectivity index (χ1n) is 12.1. The Bertz CT molecular complexity index is 1540. The number of para-hydroxylation sites is 1. The second-order valence-corrected chi connectivity index (χ2v) is 9.52. The molecule has 1 fully saturated rings. The molecule has 2 amide bonds. The van der Waals surface area contributed by atoms with Gasteiger partial charge in [0.2, 0.25) is 5.91 Å². The second-order valence-electron chi connectivity index (χ2n) is 9.12. The SMILES string of the molecule is C=CC(=O)N1CC(F)(F)C[C@H]1C#Cc1cnccc1-c1[nH]c2c(c1Nc1cccc(Cl)c1OC)C(=O)NCC2. The van der Waals surface area contributed by atoms with Crippen LogP contribution in [0.5, 0.6) is 5.75 Å². The van der Waals surface area contributed by atoms with Gasteiger partial charge in [-0.3, -0.25) is 14.6 Å². The van der Waals surface area contributed by atoms with Gasteiger partial charge in [0.1, 0.15) is 0 Å². The second kappa shape index (κ2) is 10.4. The third-order valence-electron chi connectivity index (χ3n) is 6.59.